The van der Waals surface area contributed by atoms with Crippen LogP contribution >= 0.6 is 0 Å². The van der Waals surface area contributed by atoms with Gasteiger partial charge in [-0.05, 0) is 25.5 Å². The summed E-state index contributed by atoms with van der Waals surface area (Å²) in [5, 5.41) is 0. The third kappa shape index (κ3) is 1.77. The average Bonchev–Trinajstić information content (AvgIpc) is 2.03. The standard InChI is InChI=1S/C10H15NO/c1-7-4-5-9(8(2)11)10(6-7)12-3/h4-6,8H,11H2,1-3H3/t8-/m1/s1. The molecule has 0 radical (unpaired) electrons. The summed E-state index contributed by atoms with van der Waals surface area (Å²) in [6, 6.07) is 6.08. The van der Waals surface area contributed by atoms with Gasteiger partial charge in [0.05, 0.1) is 7.11 Å². The highest BCUT2D eigenvalue weighted by Crippen LogP contribution is 2.24. The lowest BCUT2D eigenvalue weighted by atomic mass is 10.1. The Hall–Kier alpha value is -1.02. The summed E-state index contributed by atoms with van der Waals surface area (Å²) in [5.41, 5.74) is 8.01. The van der Waals surface area contributed by atoms with Crippen molar-refractivity contribution in [3.8, 4) is 5.75 Å². The van der Waals surface area contributed by atoms with E-state index in [1.54, 1.807) is 7.11 Å². The van der Waals surface area contributed by atoms with Crippen LogP contribution < -0.4 is 10.5 Å². The minimum absolute atomic E-state index is 0.0283. The fourth-order valence-electron chi connectivity index (χ4n) is 1.19. The van der Waals surface area contributed by atoms with E-state index < -0.39 is 0 Å². The minimum Gasteiger partial charge on any atom is -0.496 e. The highest BCUT2D eigenvalue weighted by molar-refractivity contribution is 5.38. The van der Waals surface area contributed by atoms with Gasteiger partial charge in [-0.25, -0.2) is 0 Å². The van der Waals surface area contributed by atoms with Gasteiger partial charge in [0.2, 0.25) is 0 Å². The molecule has 12 heavy (non-hydrogen) atoms. The zero-order chi connectivity index (χ0) is 9.14. The van der Waals surface area contributed by atoms with Crippen molar-refractivity contribution in [2.24, 2.45) is 5.73 Å². The van der Waals surface area contributed by atoms with Gasteiger partial charge in [-0.3, -0.25) is 0 Å². The molecule has 0 saturated carbocycles. The molecule has 2 N–H and O–H groups in total. The minimum atomic E-state index is 0.0283. The number of rotatable bonds is 2. The van der Waals surface area contributed by atoms with E-state index >= 15 is 0 Å². The van der Waals surface area contributed by atoms with E-state index in [1.165, 1.54) is 5.56 Å². The quantitative estimate of drug-likeness (QED) is 0.727. The molecule has 66 valence electrons. The van der Waals surface area contributed by atoms with Crippen LogP contribution in [0.1, 0.15) is 24.1 Å². The van der Waals surface area contributed by atoms with E-state index in [0.717, 1.165) is 11.3 Å². The van der Waals surface area contributed by atoms with Gasteiger partial charge in [0.1, 0.15) is 5.75 Å². The Kier molecular flexibility index (Phi) is 2.71. The van der Waals surface area contributed by atoms with Crippen molar-refractivity contribution < 1.29 is 4.74 Å². The summed E-state index contributed by atoms with van der Waals surface area (Å²) in [5.74, 6) is 0.880. The summed E-state index contributed by atoms with van der Waals surface area (Å²) in [4.78, 5) is 0. The maximum atomic E-state index is 5.76. The number of aryl methyl sites for hydroxylation is 1. The highest BCUT2D eigenvalue weighted by Gasteiger charge is 2.06. The molecule has 2 heteroatoms. The van der Waals surface area contributed by atoms with Gasteiger partial charge >= 0.3 is 0 Å². The smallest absolute Gasteiger partial charge is 0.123 e. The van der Waals surface area contributed by atoms with E-state index in [9.17, 15) is 0 Å². The molecule has 0 unspecified atom stereocenters. The lowest BCUT2D eigenvalue weighted by Crippen LogP contribution is -2.06. The molecule has 0 aliphatic carbocycles. The molecule has 2 nitrogen and oxygen atoms in total. The van der Waals surface area contributed by atoms with Gasteiger partial charge in [-0.1, -0.05) is 12.1 Å². The van der Waals surface area contributed by atoms with Crippen molar-refractivity contribution in [2.75, 3.05) is 7.11 Å². The zero-order valence-electron chi connectivity index (χ0n) is 7.79. The van der Waals surface area contributed by atoms with Crippen LogP contribution in [0.3, 0.4) is 0 Å². The number of benzene rings is 1. The second-order valence-corrected chi connectivity index (χ2v) is 3.03. The maximum Gasteiger partial charge on any atom is 0.123 e. The Bertz CT molecular complexity index is 269. The molecule has 0 spiro atoms. The van der Waals surface area contributed by atoms with Gasteiger partial charge in [-0.15, -0.1) is 0 Å². The zero-order valence-corrected chi connectivity index (χ0v) is 7.79. The fraction of sp³-hybridized carbons (Fsp3) is 0.400. The molecular formula is C10H15NO. The van der Waals surface area contributed by atoms with Crippen LogP contribution in [0, 0.1) is 6.92 Å². The third-order valence-electron chi connectivity index (χ3n) is 1.88. The summed E-state index contributed by atoms with van der Waals surface area (Å²) < 4.78 is 5.21. The monoisotopic (exact) mass is 165 g/mol. The summed E-state index contributed by atoms with van der Waals surface area (Å²) in [6.07, 6.45) is 0. The molecule has 1 aromatic rings. The van der Waals surface area contributed by atoms with E-state index in [-0.39, 0.29) is 6.04 Å². The van der Waals surface area contributed by atoms with Crippen molar-refractivity contribution in [3.05, 3.63) is 29.3 Å². The Morgan fingerprint density at radius 3 is 2.58 bits per heavy atom. The second-order valence-electron chi connectivity index (χ2n) is 3.03. The molecular weight excluding hydrogens is 150 g/mol. The third-order valence-corrected chi connectivity index (χ3v) is 1.88. The normalized spacial score (nSPS) is 12.7. The van der Waals surface area contributed by atoms with E-state index in [0.29, 0.717) is 0 Å². The lowest BCUT2D eigenvalue weighted by molar-refractivity contribution is 0.406. The molecule has 0 heterocycles. The van der Waals surface area contributed by atoms with Crippen molar-refractivity contribution in [2.45, 2.75) is 19.9 Å². The number of ether oxygens (including phenoxy) is 1. The number of hydrogen-bond acceptors (Lipinski definition) is 2. The fourth-order valence-corrected chi connectivity index (χ4v) is 1.19. The highest BCUT2D eigenvalue weighted by atomic mass is 16.5. The first-order valence-electron chi connectivity index (χ1n) is 4.05. The predicted octanol–water partition coefficient (Wildman–Crippen LogP) is 2.02. The SMILES string of the molecule is COc1cc(C)ccc1[C@@H](C)N. The molecule has 0 saturated heterocycles. The summed E-state index contributed by atoms with van der Waals surface area (Å²) in [7, 11) is 1.67. The lowest BCUT2D eigenvalue weighted by Gasteiger charge is -2.11. The Morgan fingerprint density at radius 2 is 2.08 bits per heavy atom. The molecule has 0 bridgehead atoms. The van der Waals surface area contributed by atoms with Crippen LogP contribution in [0.25, 0.3) is 0 Å². The van der Waals surface area contributed by atoms with Gasteiger partial charge in [0.15, 0.2) is 0 Å². The topological polar surface area (TPSA) is 35.2 Å². The van der Waals surface area contributed by atoms with Gasteiger partial charge in [0, 0.05) is 11.6 Å². The largest absolute Gasteiger partial charge is 0.496 e. The number of hydrogen-bond donors (Lipinski definition) is 1. The number of methoxy groups -OCH3 is 1. The first-order valence-corrected chi connectivity index (χ1v) is 4.05. The summed E-state index contributed by atoms with van der Waals surface area (Å²) in [6.45, 7) is 3.99. The van der Waals surface area contributed by atoms with Crippen LogP contribution in [-0.4, -0.2) is 7.11 Å². The van der Waals surface area contributed by atoms with Crippen molar-refractivity contribution in [3.63, 3.8) is 0 Å². The van der Waals surface area contributed by atoms with Gasteiger partial charge < -0.3 is 10.5 Å². The van der Waals surface area contributed by atoms with E-state index in [2.05, 4.69) is 0 Å². The molecule has 0 aromatic heterocycles. The maximum absolute atomic E-state index is 5.76. The van der Waals surface area contributed by atoms with Gasteiger partial charge in [0.25, 0.3) is 0 Å². The molecule has 0 aliphatic heterocycles. The molecule has 1 aromatic carbocycles. The van der Waals surface area contributed by atoms with Crippen LogP contribution in [0.4, 0.5) is 0 Å². The average molecular weight is 165 g/mol. The van der Waals surface area contributed by atoms with Gasteiger partial charge in [-0.2, -0.15) is 0 Å². The molecule has 0 fully saturated rings. The Balaban J connectivity index is 3.11. The predicted molar refractivity (Wildman–Crippen MR) is 50.3 cm³/mol. The van der Waals surface area contributed by atoms with Crippen LogP contribution in [0.15, 0.2) is 18.2 Å². The van der Waals surface area contributed by atoms with E-state index in [4.69, 9.17) is 10.5 Å². The van der Waals surface area contributed by atoms with Crippen molar-refractivity contribution in [1.82, 2.24) is 0 Å². The Labute approximate surface area is 73.3 Å². The van der Waals surface area contributed by atoms with Crippen LogP contribution in [0.2, 0.25) is 0 Å². The van der Waals surface area contributed by atoms with Crippen molar-refractivity contribution >= 4 is 0 Å². The molecule has 0 aliphatic rings. The van der Waals surface area contributed by atoms with Crippen LogP contribution in [-0.2, 0) is 0 Å². The molecule has 1 atom stereocenters. The Morgan fingerprint density at radius 1 is 1.42 bits per heavy atom. The van der Waals surface area contributed by atoms with Crippen molar-refractivity contribution in [1.29, 1.82) is 0 Å². The molecule has 0 amide bonds. The first-order chi connectivity index (χ1) is 5.65. The summed E-state index contributed by atoms with van der Waals surface area (Å²) >= 11 is 0. The molecule has 1 rings (SSSR count). The second kappa shape index (κ2) is 3.59. The number of nitrogens with two attached hydrogens (primary N) is 1. The van der Waals surface area contributed by atoms with E-state index in [1.807, 2.05) is 32.0 Å². The first kappa shape index (κ1) is 9.07. The van der Waals surface area contributed by atoms with Crippen LogP contribution in [0.5, 0.6) is 5.75 Å².